The summed E-state index contributed by atoms with van der Waals surface area (Å²) in [4.78, 5) is 9.97. The SMILES string of the molecule is NCC1(c2cc([N+](=O)[O-])[nH]n2)CCC1. The monoisotopic (exact) mass is 196 g/mol. The largest absolute Gasteiger partial charge is 0.358 e. The fourth-order valence-corrected chi connectivity index (χ4v) is 1.85. The second kappa shape index (κ2) is 3.06. The summed E-state index contributed by atoms with van der Waals surface area (Å²) in [5, 5.41) is 16.8. The minimum absolute atomic E-state index is 0.0558. The lowest BCUT2D eigenvalue weighted by atomic mass is 9.67. The predicted octanol–water partition coefficient (Wildman–Crippen LogP) is 0.698. The van der Waals surface area contributed by atoms with Gasteiger partial charge in [0.15, 0.2) is 0 Å². The van der Waals surface area contributed by atoms with Crippen molar-refractivity contribution in [3.8, 4) is 0 Å². The van der Waals surface area contributed by atoms with Gasteiger partial charge in [-0.15, -0.1) is 5.10 Å². The molecule has 0 saturated heterocycles. The van der Waals surface area contributed by atoms with Gasteiger partial charge in [0, 0.05) is 12.0 Å². The molecule has 2 rings (SSSR count). The van der Waals surface area contributed by atoms with Crippen molar-refractivity contribution in [3.05, 3.63) is 21.9 Å². The third kappa shape index (κ3) is 1.19. The molecule has 14 heavy (non-hydrogen) atoms. The van der Waals surface area contributed by atoms with E-state index >= 15 is 0 Å². The Bertz CT molecular complexity index is 350. The van der Waals surface area contributed by atoms with Crippen LogP contribution in [0.3, 0.4) is 0 Å². The number of nitro groups is 1. The van der Waals surface area contributed by atoms with E-state index in [1.54, 1.807) is 0 Å². The number of nitrogens with one attached hydrogen (secondary N) is 1. The number of hydrogen-bond donors (Lipinski definition) is 2. The summed E-state index contributed by atoms with van der Waals surface area (Å²) in [7, 11) is 0. The molecule has 1 aliphatic rings. The molecule has 1 heterocycles. The fraction of sp³-hybridized carbons (Fsp3) is 0.625. The minimum atomic E-state index is -0.473. The molecule has 1 saturated carbocycles. The topological polar surface area (TPSA) is 97.8 Å². The number of nitrogens with two attached hydrogens (primary N) is 1. The molecule has 76 valence electrons. The number of nitrogens with zero attached hydrogens (tertiary/aromatic N) is 2. The zero-order valence-electron chi connectivity index (χ0n) is 7.69. The zero-order chi connectivity index (χ0) is 10.2. The van der Waals surface area contributed by atoms with Crippen molar-refractivity contribution in [1.29, 1.82) is 0 Å². The van der Waals surface area contributed by atoms with Crippen molar-refractivity contribution in [2.75, 3.05) is 6.54 Å². The fourth-order valence-electron chi connectivity index (χ4n) is 1.85. The van der Waals surface area contributed by atoms with Crippen molar-refractivity contribution in [3.63, 3.8) is 0 Å². The first kappa shape index (κ1) is 9.14. The van der Waals surface area contributed by atoms with Gasteiger partial charge in [-0.3, -0.25) is 0 Å². The standard InChI is InChI=1S/C8H12N4O2/c9-5-8(2-1-3-8)6-4-7(11-10-6)12(13)14/h4H,1-3,5,9H2,(H,10,11). The summed E-state index contributed by atoms with van der Waals surface area (Å²) in [5.41, 5.74) is 6.29. The Kier molecular flexibility index (Phi) is 1.99. The molecule has 0 aliphatic heterocycles. The maximum atomic E-state index is 10.4. The van der Waals surface area contributed by atoms with Gasteiger partial charge < -0.3 is 15.8 Å². The van der Waals surface area contributed by atoms with Gasteiger partial charge in [-0.25, -0.2) is 0 Å². The lowest BCUT2D eigenvalue weighted by Gasteiger charge is -2.38. The van der Waals surface area contributed by atoms with Crippen LogP contribution in [0, 0.1) is 10.1 Å². The van der Waals surface area contributed by atoms with Gasteiger partial charge >= 0.3 is 5.82 Å². The molecule has 0 radical (unpaired) electrons. The maximum Gasteiger partial charge on any atom is 0.342 e. The molecule has 0 atom stereocenters. The van der Waals surface area contributed by atoms with Crippen molar-refractivity contribution in [1.82, 2.24) is 10.2 Å². The van der Waals surface area contributed by atoms with Gasteiger partial charge in [0.1, 0.15) is 0 Å². The summed E-state index contributed by atoms with van der Waals surface area (Å²) < 4.78 is 0. The Morgan fingerprint density at radius 1 is 1.71 bits per heavy atom. The number of aromatic amines is 1. The van der Waals surface area contributed by atoms with E-state index in [2.05, 4.69) is 10.2 Å². The summed E-state index contributed by atoms with van der Waals surface area (Å²) in [6, 6.07) is 1.49. The van der Waals surface area contributed by atoms with Crippen LogP contribution in [0.1, 0.15) is 25.0 Å². The third-order valence-corrected chi connectivity index (χ3v) is 3.01. The van der Waals surface area contributed by atoms with Gasteiger partial charge in [0.25, 0.3) is 0 Å². The van der Waals surface area contributed by atoms with E-state index < -0.39 is 4.92 Å². The van der Waals surface area contributed by atoms with Gasteiger partial charge in [0.2, 0.25) is 0 Å². The van der Waals surface area contributed by atoms with Crippen LogP contribution in [0.15, 0.2) is 6.07 Å². The summed E-state index contributed by atoms with van der Waals surface area (Å²) >= 11 is 0. The van der Waals surface area contributed by atoms with Crippen molar-refractivity contribution < 1.29 is 4.92 Å². The van der Waals surface area contributed by atoms with E-state index in [-0.39, 0.29) is 11.2 Å². The molecule has 1 aliphatic carbocycles. The van der Waals surface area contributed by atoms with Crippen LogP contribution in [0.5, 0.6) is 0 Å². The number of rotatable bonds is 3. The van der Waals surface area contributed by atoms with Gasteiger partial charge in [-0.1, -0.05) is 11.5 Å². The highest BCUT2D eigenvalue weighted by atomic mass is 16.6. The first-order valence-corrected chi connectivity index (χ1v) is 4.58. The molecule has 3 N–H and O–H groups in total. The van der Waals surface area contributed by atoms with E-state index in [9.17, 15) is 10.1 Å². The molecule has 6 heteroatoms. The molecule has 0 amide bonds. The minimum Gasteiger partial charge on any atom is -0.358 e. The summed E-state index contributed by atoms with van der Waals surface area (Å²) in [6.45, 7) is 0.509. The van der Waals surface area contributed by atoms with E-state index in [4.69, 9.17) is 5.73 Å². The van der Waals surface area contributed by atoms with Crippen molar-refractivity contribution in [2.45, 2.75) is 24.7 Å². The van der Waals surface area contributed by atoms with Crippen LogP contribution in [-0.4, -0.2) is 21.7 Å². The van der Waals surface area contributed by atoms with Crippen LogP contribution < -0.4 is 5.73 Å². The second-order valence-corrected chi connectivity index (χ2v) is 3.73. The van der Waals surface area contributed by atoms with Crippen molar-refractivity contribution >= 4 is 5.82 Å². The first-order valence-electron chi connectivity index (χ1n) is 4.58. The number of H-pyrrole nitrogens is 1. The van der Waals surface area contributed by atoms with Gasteiger partial charge in [0.05, 0.1) is 11.8 Å². The number of hydrogen-bond acceptors (Lipinski definition) is 4. The number of aromatic nitrogens is 2. The molecular weight excluding hydrogens is 184 g/mol. The quantitative estimate of drug-likeness (QED) is 0.549. The van der Waals surface area contributed by atoms with Crippen LogP contribution >= 0.6 is 0 Å². The van der Waals surface area contributed by atoms with Crippen LogP contribution in [-0.2, 0) is 5.41 Å². The van der Waals surface area contributed by atoms with E-state index in [0.29, 0.717) is 6.54 Å². The predicted molar refractivity (Wildman–Crippen MR) is 49.8 cm³/mol. The molecule has 1 fully saturated rings. The average molecular weight is 196 g/mol. The van der Waals surface area contributed by atoms with Crippen molar-refractivity contribution in [2.24, 2.45) is 5.73 Å². The van der Waals surface area contributed by atoms with Crippen LogP contribution in [0.4, 0.5) is 5.82 Å². The highest BCUT2D eigenvalue weighted by molar-refractivity contribution is 5.29. The molecule has 0 unspecified atom stereocenters. The maximum absolute atomic E-state index is 10.4. The molecule has 0 spiro atoms. The van der Waals surface area contributed by atoms with Gasteiger partial charge in [-0.05, 0) is 17.8 Å². The molecule has 0 aromatic carbocycles. The van der Waals surface area contributed by atoms with Gasteiger partial charge in [-0.2, -0.15) is 0 Å². The molecular formula is C8H12N4O2. The summed E-state index contributed by atoms with van der Waals surface area (Å²) in [6.07, 6.45) is 3.08. The zero-order valence-corrected chi connectivity index (χ0v) is 7.69. The Hall–Kier alpha value is -1.43. The molecule has 1 aromatic rings. The normalized spacial score (nSPS) is 18.9. The lowest BCUT2D eigenvalue weighted by Crippen LogP contribution is -2.41. The Morgan fingerprint density at radius 2 is 2.43 bits per heavy atom. The first-order chi connectivity index (χ1) is 6.68. The highest BCUT2D eigenvalue weighted by Crippen LogP contribution is 2.42. The molecule has 6 nitrogen and oxygen atoms in total. The summed E-state index contributed by atoms with van der Waals surface area (Å²) in [5.74, 6) is -0.0558. The molecule has 0 bridgehead atoms. The van der Waals surface area contributed by atoms with Crippen LogP contribution in [0.25, 0.3) is 0 Å². The highest BCUT2D eigenvalue weighted by Gasteiger charge is 2.40. The Labute approximate surface area is 80.6 Å². The average Bonchev–Trinajstić information content (AvgIpc) is 2.52. The van der Waals surface area contributed by atoms with E-state index in [0.717, 1.165) is 25.0 Å². The Balaban J connectivity index is 2.27. The lowest BCUT2D eigenvalue weighted by molar-refractivity contribution is -0.389. The smallest absolute Gasteiger partial charge is 0.342 e. The van der Waals surface area contributed by atoms with Crippen LogP contribution in [0.2, 0.25) is 0 Å². The third-order valence-electron chi connectivity index (χ3n) is 3.01. The van der Waals surface area contributed by atoms with E-state index in [1.807, 2.05) is 0 Å². The Morgan fingerprint density at radius 3 is 2.79 bits per heavy atom. The molecule has 1 aromatic heterocycles. The van der Waals surface area contributed by atoms with E-state index in [1.165, 1.54) is 6.07 Å². The second-order valence-electron chi connectivity index (χ2n) is 3.73.